The molecule has 1 fully saturated rings. The van der Waals surface area contributed by atoms with Crippen LogP contribution < -0.4 is 5.32 Å². The second-order valence-electron chi connectivity index (χ2n) is 9.04. The Kier molecular flexibility index (Phi) is 5.64. The highest BCUT2D eigenvalue weighted by Crippen LogP contribution is 2.30. The summed E-state index contributed by atoms with van der Waals surface area (Å²) in [4.78, 5) is 13.6. The van der Waals surface area contributed by atoms with E-state index in [-0.39, 0.29) is 1.43 Å². The summed E-state index contributed by atoms with van der Waals surface area (Å²) in [5.41, 5.74) is 4.75. The number of pyridine rings is 1. The smallest absolute Gasteiger partial charge is 0.268 e. The van der Waals surface area contributed by atoms with Gasteiger partial charge in [-0.2, -0.15) is 5.26 Å². The number of aromatic nitrogens is 5. The van der Waals surface area contributed by atoms with Gasteiger partial charge in [0.1, 0.15) is 5.69 Å². The van der Waals surface area contributed by atoms with Gasteiger partial charge in [0, 0.05) is 24.8 Å². The maximum Gasteiger partial charge on any atom is 0.268 e. The van der Waals surface area contributed by atoms with Crippen molar-refractivity contribution in [2.45, 2.75) is 45.1 Å². The lowest BCUT2D eigenvalue weighted by Gasteiger charge is -2.15. The fourth-order valence-electron chi connectivity index (χ4n) is 4.07. The van der Waals surface area contributed by atoms with Crippen molar-refractivity contribution in [2.75, 3.05) is 6.54 Å². The number of rotatable bonds is 5. The van der Waals surface area contributed by atoms with Crippen LogP contribution in [0.2, 0.25) is 0 Å². The van der Waals surface area contributed by atoms with Gasteiger partial charge in [-0.1, -0.05) is 12.1 Å². The SMILES string of the molecule is Cc1ncc(-c2ccnc(C(C)(C)C#N)c2)nc1-c1nnc(-c2cccc(C3CCCN3)c2)o1.[HH]. The van der Waals surface area contributed by atoms with Crippen molar-refractivity contribution in [3.63, 3.8) is 0 Å². The van der Waals surface area contributed by atoms with Crippen LogP contribution in [0, 0.1) is 18.3 Å². The summed E-state index contributed by atoms with van der Waals surface area (Å²) in [6, 6.07) is 14.6. The summed E-state index contributed by atoms with van der Waals surface area (Å²) >= 11 is 0. The molecule has 0 amide bonds. The molecular formula is C26H27N7O. The van der Waals surface area contributed by atoms with Crippen molar-refractivity contribution in [3.8, 4) is 40.4 Å². The Morgan fingerprint density at radius 1 is 1.12 bits per heavy atom. The molecule has 0 bridgehead atoms. The molecule has 5 rings (SSSR count). The molecule has 0 spiro atoms. The molecule has 172 valence electrons. The third-order valence-electron chi connectivity index (χ3n) is 6.15. The van der Waals surface area contributed by atoms with Crippen LogP contribution in [0.25, 0.3) is 34.3 Å². The molecule has 34 heavy (non-hydrogen) atoms. The minimum absolute atomic E-state index is 0. The second kappa shape index (κ2) is 8.76. The third kappa shape index (κ3) is 4.18. The quantitative estimate of drug-likeness (QED) is 0.447. The van der Waals surface area contributed by atoms with Gasteiger partial charge in [-0.25, -0.2) is 4.98 Å². The molecule has 0 saturated carbocycles. The van der Waals surface area contributed by atoms with Crippen LogP contribution in [0.5, 0.6) is 0 Å². The Hall–Kier alpha value is -3.96. The molecule has 1 N–H and O–H groups in total. The van der Waals surface area contributed by atoms with E-state index in [2.05, 4.69) is 43.7 Å². The number of nitrogens with zero attached hydrogens (tertiary/aromatic N) is 6. The topological polar surface area (TPSA) is 113 Å². The van der Waals surface area contributed by atoms with Gasteiger partial charge in [-0.05, 0) is 70.0 Å². The zero-order valence-electron chi connectivity index (χ0n) is 19.4. The van der Waals surface area contributed by atoms with E-state index in [1.165, 1.54) is 12.0 Å². The molecule has 4 heterocycles. The molecule has 0 radical (unpaired) electrons. The molecule has 3 aromatic heterocycles. The van der Waals surface area contributed by atoms with Crippen molar-refractivity contribution in [1.82, 2.24) is 30.5 Å². The number of nitriles is 1. The summed E-state index contributed by atoms with van der Waals surface area (Å²) in [7, 11) is 0. The fourth-order valence-corrected chi connectivity index (χ4v) is 4.07. The van der Waals surface area contributed by atoms with Gasteiger partial charge in [0.05, 0.1) is 34.8 Å². The van der Waals surface area contributed by atoms with Gasteiger partial charge in [-0.3, -0.25) is 9.97 Å². The standard InChI is InChI=1S/C26H25N7O.H2/c1-16-23(31-21(14-30-16)18-9-11-29-22(13-18)26(2,3)15-27)25-33-32-24(34-25)19-7-4-6-17(12-19)20-8-5-10-28-20;/h4,6-7,9,11-14,20,28H,5,8,10H2,1-3H3;1H. The van der Waals surface area contributed by atoms with Gasteiger partial charge in [-0.15, -0.1) is 10.2 Å². The molecule has 0 aliphatic carbocycles. The number of hydrogen-bond acceptors (Lipinski definition) is 8. The summed E-state index contributed by atoms with van der Waals surface area (Å²) in [5, 5.41) is 21.5. The van der Waals surface area contributed by atoms with E-state index < -0.39 is 5.41 Å². The van der Waals surface area contributed by atoms with Crippen molar-refractivity contribution in [3.05, 3.63) is 65.7 Å². The van der Waals surface area contributed by atoms with Crippen molar-refractivity contribution < 1.29 is 5.84 Å². The normalized spacial score (nSPS) is 15.9. The molecule has 1 aromatic carbocycles. The highest BCUT2D eigenvalue weighted by Gasteiger charge is 2.23. The Bertz CT molecular complexity index is 1390. The second-order valence-corrected chi connectivity index (χ2v) is 9.04. The highest BCUT2D eigenvalue weighted by atomic mass is 16.4. The summed E-state index contributed by atoms with van der Waals surface area (Å²) in [6.45, 7) is 6.58. The highest BCUT2D eigenvalue weighted by molar-refractivity contribution is 5.64. The Balaban J connectivity index is 0.00000289. The first-order chi connectivity index (χ1) is 16.4. The first-order valence-corrected chi connectivity index (χ1v) is 11.3. The molecule has 1 aliphatic rings. The average Bonchev–Trinajstić information content (AvgIpc) is 3.57. The molecule has 1 unspecified atom stereocenters. The van der Waals surface area contributed by atoms with Crippen LogP contribution in [-0.2, 0) is 5.41 Å². The number of benzene rings is 1. The zero-order valence-corrected chi connectivity index (χ0v) is 19.4. The summed E-state index contributed by atoms with van der Waals surface area (Å²) < 4.78 is 6.04. The van der Waals surface area contributed by atoms with E-state index >= 15 is 0 Å². The number of nitrogens with one attached hydrogen (secondary N) is 1. The lowest BCUT2D eigenvalue weighted by atomic mass is 9.90. The first kappa shape index (κ1) is 21.9. The van der Waals surface area contributed by atoms with Gasteiger partial charge in [0.2, 0.25) is 5.89 Å². The first-order valence-electron chi connectivity index (χ1n) is 11.3. The van der Waals surface area contributed by atoms with Crippen LogP contribution in [0.15, 0.2) is 53.2 Å². The Morgan fingerprint density at radius 2 is 1.97 bits per heavy atom. The largest absolute Gasteiger partial charge is 0.415 e. The van der Waals surface area contributed by atoms with E-state index in [4.69, 9.17) is 9.40 Å². The van der Waals surface area contributed by atoms with Crippen LogP contribution in [0.1, 0.15) is 51.1 Å². The molecule has 1 atom stereocenters. The van der Waals surface area contributed by atoms with E-state index in [1.54, 1.807) is 12.4 Å². The fraction of sp³-hybridized carbons (Fsp3) is 0.308. The van der Waals surface area contributed by atoms with Crippen LogP contribution in [-0.4, -0.2) is 31.7 Å². The lowest BCUT2D eigenvalue weighted by molar-refractivity contribution is 0.580. The van der Waals surface area contributed by atoms with E-state index in [9.17, 15) is 5.26 Å². The van der Waals surface area contributed by atoms with Crippen molar-refractivity contribution in [2.24, 2.45) is 0 Å². The molecule has 8 heteroatoms. The third-order valence-corrected chi connectivity index (χ3v) is 6.15. The zero-order chi connectivity index (χ0) is 23.7. The Morgan fingerprint density at radius 3 is 2.76 bits per heavy atom. The maximum absolute atomic E-state index is 9.46. The minimum Gasteiger partial charge on any atom is -0.415 e. The van der Waals surface area contributed by atoms with Gasteiger partial charge in [0.25, 0.3) is 5.89 Å². The van der Waals surface area contributed by atoms with Gasteiger partial charge >= 0.3 is 0 Å². The summed E-state index contributed by atoms with van der Waals surface area (Å²) in [6.07, 6.45) is 5.69. The molecular weight excluding hydrogens is 426 g/mol. The number of hydrogen-bond donors (Lipinski definition) is 1. The molecule has 8 nitrogen and oxygen atoms in total. The van der Waals surface area contributed by atoms with Crippen molar-refractivity contribution >= 4 is 0 Å². The maximum atomic E-state index is 9.46. The summed E-state index contributed by atoms with van der Waals surface area (Å²) in [5.74, 6) is 0.765. The predicted molar refractivity (Wildman–Crippen MR) is 129 cm³/mol. The van der Waals surface area contributed by atoms with Crippen LogP contribution in [0.4, 0.5) is 0 Å². The molecule has 1 aliphatic heterocycles. The van der Waals surface area contributed by atoms with Crippen molar-refractivity contribution in [1.29, 1.82) is 5.26 Å². The van der Waals surface area contributed by atoms with Crippen LogP contribution >= 0.6 is 0 Å². The number of aryl methyl sites for hydroxylation is 1. The molecule has 1 saturated heterocycles. The average molecular weight is 454 g/mol. The molecule has 4 aromatic rings. The minimum atomic E-state index is -0.707. The van der Waals surface area contributed by atoms with Gasteiger partial charge < -0.3 is 9.73 Å². The predicted octanol–water partition coefficient (Wildman–Crippen LogP) is 5.04. The van der Waals surface area contributed by atoms with E-state index in [0.717, 1.165) is 24.1 Å². The monoisotopic (exact) mass is 453 g/mol. The lowest BCUT2D eigenvalue weighted by Crippen LogP contribution is -2.15. The van der Waals surface area contributed by atoms with Gasteiger partial charge in [0.15, 0.2) is 0 Å². The van der Waals surface area contributed by atoms with Crippen LogP contribution in [0.3, 0.4) is 0 Å². The van der Waals surface area contributed by atoms with E-state index in [0.29, 0.717) is 40.6 Å². The Labute approximate surface area is 199 Å². The van der Waals surface area contributed by atoms with E-state index in [1.807, 2.05) is 45.0 Å².